The van der Waals surface area contributed by atoms with Crippen molar-refractivity contribution >= 4 is 23.4 Å². The Bertz CT molecular complexity index is 493. The molecule has 1 aromatic heterocycles. The molecule has 0 saturated heterocycles. The lowest BCUT2D eigenvalue weighted by Crippen LogP contribution is -2.48. The van der Waals surface area contributed by atoms with Crippen molar-refractivity contribution in [1.82, 2.24) is 15.6 Å². The van der Waals surface area contributed by atoms with Crippen LogP contribution >= 0.6 is 11.6 Å². The minimum absolute atomic E-state index is 0.0568. The molecule has 0 spiro atoms. The molecule has 0 radical (unpaired) electrons. The van der Waals surface area contributed by atoms with Crippen LogP contribution in [0.3, 0.4) is 0 Å². The highest BCUT2D eigenvalue weighted by Crippen LogP contribution is 2.26. The number of hydrogen-bond donors (Lipinski definition) is 2. The first-order valence-corrected chi connectivity index (χ1v) is 5.39. The van der Waals surface area contributed by atoms with E-state index < -0.39 is 18.8 Å². The predicted octanol–water partition coefficient (Wildman–Crippen LogP) is 1.70. The third kappa shape index (κ3) is 3.67. The molecule has 1 aromatic rings. The van der Waals surface area contributed by atoms with Crippen molar-refractivity contribution in [2.24, 2.45) is 5.84 Å². The number of anilines is 1. The summed E-state index contributed by atoms with van der Waals surface area (Å²) in [6.07, 6.45) is -4.60. The number of nitrogens with two attached hydrogens (primary N) is 1. The number of urea groups is 1. The highest BCUT2D eigenvalue weighted by Gasteiger charge is 2.35. The molecule has 2 amide bonds. The first-order chi connectivity index (χ1) is 8.67. The number of nitrogens with zero attached hydrogens (tertiary/aromatic N) is 3. The Kier molecular flexibility index (Phi) is 4.53. The quantitative estimate of drug-likeness (QED) is 0.494. The summed E-state index contributed by atoms with van der Waals surface area (Å²) in [4.78, 5) is 11.8. The lowest BCUT2D eigenvalue weighted by molar-refractivity contribution is -0.118. The van der Waals surface area contributed by atoms with E-state index in [1.54, 1.807) is 12.3 Å². The zero-order valence-electron chi connectivity index (χ0n) is 10.0. The Morgan fingerprint density at radius 3 is 2.42 bits per heavy atom. The molecule has 106 valence electrons. The van der Waals surface area contributed by atoms with Gasteiger partial charge in [-0.05, 0) is 25.0 Å². The predicted molar refractivity (Wildman–Crippen MR) is 62.6 cm³/mol. The molecule has 10 heteroatoms. The van der Waals surface area contributed by atoms with Gasteiger partial charge in [-0.15, -0.1) is 10.2 Å². The van der Waals surface area contributed by atoms with Gasteiger partial charge >= 0.3 is 12.2 Å². The summed E-state index contributed by atoms with van der Waals surface area (Å²) >= 11 is 5.70. The number of rotatable bonds is 2. The zero-order chi connectivity index (χ0) is 14.8. The van der Waals surface area contributed by atoms with E-state index >= 15 is 0 Å². The molecule has 0 unspecified atom stereocenters. The van der Waals surface area contributed by atoms with E-state index in [1.165, 1.54) is 6.92 Å². The van der Waals surface area contributed by atoms with Gasteiger partial charge in [-0.25, -0.2) is 10.6 Å². The van der Waals surface area contributed by atoms with Gasteiger partial charge in [0.2, 0.25) is 0 Å². The molecular weight excluding hydrogens is 287 g/mol. The van der Waals surface area contributed by atoms with E-state index in [4.69, 9.17) is 17.4 Å². The van der Waals surface area contributed by atoms with E-state index in [2.05, 4.69) is 10.2 Å². The number of halogens is 4. The van der Waals surface area contributed by atoms with Crippen LogP contribution < -0.4 is 16.2 Å². The largest absolute Gasteiger partial charge is 0.406 e. The van der Waals surface area contributed by atoms with Gasteiger partial charge < -0.3 is 0 Å². The monoisotopic (exact) mass is 297 g/mol. The van der Waals surface area contributed by atoms with Crippen molar-refractivity contribution in [3.63, 3.8) is 0 Å². The van der Waals surface area contributed by atoms with Crippen LogP contribution in [-0.4, -0.2) is 28.9 Å². The van der Waals surface area contributed by atoms with Crippen molar-refractivity contribution in [2.45, 2.75) is 20.0 Å². The summed E-state index contributed by atoms with van der Waals surface area (Å²) < 4.78 is 37.4. The van der Waals surface area contributed by atoms with Crippen molar-refractivity contribution in [2.75, 3.05) is 11.4 Å². The molecule has 0 aliphatic heterocycles. The smallest absolute Gasteiger partial charge is 0.275 e. The van der Waals surface area contributed by atoms with Crippen LogP contribution in [0.2, 0.25) is 5.15 Å². The summed E-state index contributed by atoms with van der Waals surface area (Å²) in [6, 6.07) is -1.14. The van der Waals surface area contributed by atoms with Gasteiger partial charge in [0.15, 0.2) is 11.0 Å². The van der Waals surface area contributed by atoms with Crippen molar-refractivity contribution in [1.29, 1.82) is 0 Å². The third-order valence-corrected chi connectivity index (χ3v) is 2.76. The summed E-state index contributed by atoms with van der Waals surface area (Å²) in [6.45, 7) is 1.51. The van der Waals surface area contributed by atoms with Crippen molar-refractivity contribution in [3.8, 4) is 0 Å². The van der Waals surface area contributed by atoms with E-state index in [9.17, 15) is 18.0 Å². The zero-order valence-corrected chi connectivity index (χ0v) is 10.8. The molecule has 0 aromatic carbocycles. The second-order valence-corrected chi connectivity index (χ2v) is 4.07. The molecule has 1 rings (SSSR count). The molecule has 0 aliphatic carbocycles. The van der Waals surface area contributed by atoms with Gasteiger partial charge in [-0.1, -0.05) is 11.6 Å². The fourth-order valence-electron chi connectivity index (χ4n) is 1.32. The number of carbonyl (C=O) groups excluding carboxylic acids is 1. The van der Waals surface area contributed by atoms with E-state index in [1.807, 2.05) is 0 Å². The van der Waals surface area contributed by atoms with Crippen molar-refractivity contribution < 1.29 is 18.0 Å². The van der Waals surface area contributed by atoms with Crippen LogP contribution in [0, 0.1) is 13.8 Å². The topological polar surface area (TPSA) is 84.1 Å². The van der Waals surface area contributed by atoms with Gasteiger partial charge in [0.1, 0.15) is 6.54 Å². The maximum atomic E-state index is 12.5. The molecule has 19 heavy (non-hydrogen) atoms. The second-order valence-electron chi connectivity index (χ2n) is 3.72. The Balaban J connectivity index is 3.26. The molecule has 0 saturated carbocycles. The third-order valence-electron chi connectivity index (χ3n) is 2.40. The van der Waals surface area contributed by atoms with Gasteiger partial charge in [0, 0.05) is 0 Å². The van der Waals surface area contributed by atoms with Gasteiger partial charge in [-0.3, -0.25) is 10.3 Å². The normalized spacial score (nSPS) is 11.3. The highest BCUT2D eigenvalue weighted by atomic mass is 35.5. The maximum Gasteiger partial charge on any atom is 0.406 e. The molecular formula is C9H11ClF3N5O. The number of alkyl halides is 3. The summed E-state index contributed by atoms with van der Waals surface area (Å²) in [7, 11) is 0. The summed E-state index contributed by atoms with van der Waals surface area (Å²) in [5.41, 5.74) is 2.38. The molecule has 0 fully saturated rings. The number of hydrogen-bond acceptors (Lipinski definition) is 4. The van der Waals surface area contributed by atoms with Crippen LogP contribution in [0.15, 0.2) is 0 Å². The maximum absolute atomic E-state index is 12.5. The minimum atomic E-state index is -4.60. The number of hydrazine groups is 1. The van der Waals surface area contributed by atoms with Crippen LogP contribution in [0.5, 0.6) is 0 Å². The Morgan fingerprint density at radius 2 is 1.95 bits per heavy atom. The van der Waals surface area contributed by atoms with Gasteiger partial charge in [0.25, 0.3) is 0 Å². The van der Waals surface area contributed by atoms with Gasteiger partial charge in [0.05, 0.1) is 0 Å². The number of aromatic nitrogens is 2. The van der Waals surface area contributed by atoms with Crippen molar-refractivity contribution in [3.05, 3.63) is 16.3 Å². The van der Waals surface area contributed by atoms with E-state index in [-0.39, 0.29) is 11.0 Å². The average molecular weight is 298 g/mol. The first-order valence-electron chi connectivity index (χ1n) is 5.01. The Hall–Kier alpha value is -1.61. The minimum Gasteiger partial charge on any atom is -0.275 e. The standard InChI is InChI=1S/C9H11ClF3N5O/c1-4-5(2)7(17-16-6(4)10)18(8(19)15-14)3-9(11,12)13/h3,14H2,1-2H3,(H,15,19). The fraction of sp³-hybridized carbons (Fsp3) is 0.444. The second kappa shape index (κ2) is 5.57. The SMILES string of the molecule is Cc1c(Cl)nnc(N(CC(F)(F)F)C(=O)NN)c1C. The summed E-state index contributed by atoms with van der Waals surface area (Å²) in [5.74, 6) is 4.62. The molecule has 3 N–H and O–H groups in total. The molecule has 0 atom stereocenters. The lowest BCUT2D eigenvalue weighted by Gasteiger charge is -2.23. The number of carbonyl (C=O) groups is 1. The van der Waals surface area contributed by atoms with E-state index in [0.29, 0.717) is 16.0 Å². The Morgan fingerprint density at radius 1 is 1.37 bits per heavy atom. The lowest BCUT2D eigenvalue weighted by atomic mass is 10.2. The van der Waals surface area contributed by atoms with Crippen LogP contribution in [-0.2, 0) is 0 Å². The molecule has 1 heterocycles. The summed E-state index contributed by atoms with van der Waals surface area (Å²) in [5, 5.41) is 7.07. The average Bonchev–Trinajstić information content (AvgIpc) is 2.32. The van der Waals surface area contributed by atoms with Crippen LogP contribution in [0.4, 0.5) is 23.8 Å². The molecule has 6 nitrogen and oxygen atoms in total. The first kappa shape index (κ1) is 15.4. The highest BCUT2D eigenvalue weighted by molar-refractivity contribution is 6.30. The molecule has 0 aliphatic rings. The fourth-order valence-corrected chi connectivity index (χ4v) is 1.50. The van der Waals surface area contributed by atoms with Crippen LogP contribution in [0.1, 0.15) is 11.1 Å². The number of nitrogens with one attached hydrogen (secondary N) is 1. The van der Waals surface area contributed by atoms with E-state index in [0.717, 1.165) is 0 Å². The van der Waals surface area contributed by atoms with Crippen LogP contribution in [0.25, 0.3) is 0 Å². The molecule has 0 bridgehead atoms. The van der Waals surface area contributed by atoms with Gasteiger partial charge in [-0.2, -0.15) is 13.2 Å². The number of amides is 2. The Labute approximate surface area is 111 Å².